The molecule has 0 aliphatic heterocycles. The number of rotatable bonds is 9. The van der Waals surface area contributed by atoms with Crippen LogP contribution in [0.15, 0.2) is 16.6 Å². The molecule has 37 heavy (non-hydrogen) atoms. The summed E-state index contributed by atoms with van der Waals surface area (Å²) in [7, 11) is -6.08. The average Bonchev–Trinajstić information content (AvgIpc) is 3.03. The lowest BCUT2D eigenvalue weighted by atomic mass is 10.0. The molecule has 2 atom stereocenters. The van der Waals surface area contributed by atoms with Crippen LogP contribution < -0.4 is 9.46 Å². The van der Waals surface area contributed by atoms with E-state index in [1.165, 1.54) is 20.8 Å². The van der Waals surface area contributed by atoms with Gasteiger partial charge in [-0.2, -0.15) is 35.1 Å². The van der Waals surface area contributed by atoms with Gasteiger partial charge < -0.3 is 19.1 Å². The Bertz CT molecular complexity index is 1160. The van der Waals surface area contributed by atoms with E-state index in [0.29, 0.717) is 0 Å². The number of hydrogen-bond acceptors (Lipinski definition) is 5. The van der Waals surface area contributed by atoms with Gasteiger partial charge in [-0.05, 0) is 60.8 Å². The summed E-state index contributed by atoms with van der Waals surface area (Å²) in [5, 5.41) is -0.367. The molecule has 2 rings (SSSR count). The Kier molecular flexibility index (Phi) is 9.73. The predicted octanol–water partition coefficient (Wildman–Crippen LogP) is 7.27. The van der Waals surface area contributed by atoms with E-state index in [-0.39, 0.29) is 21.4 Å². The number of halogens is 9. The van der Waals surface area contributed by atoms with E-state index >= 15 is 0 Å². The molecule has 0 radical (unpaired) electrons. The van der Waals surface area contributed by atoms with Crippen LogP contribution in [0.5, 0.6) is 5.75 Å². The molecule has 0 saturated carbocycles. The van der Waals surface area contributed by atoms with Crippen molar-refractivity contribution in [2.24, 2.45) is 0 Å². The lowest BCUT2D eigenvalue weighted by Crippen LogP contribution is -2.45. The predicted molar refractivity (Wildman–Crippen MR) is 126 cm³/mol. The van der Waals surface area contributed by atoms with E-state index in [1.54, 1.807) is 0 Å². The largest absolute Gasteiger partial charge is 0.598 e. The van der Waals surface area contributed by atoms with Crippen LogP contribution in [0.25, 0.3) is 10.1 Å². The lowest BCUT2D eigenvalue weighted by molar-refractivity contribution is -0.153. The Morgan fingerprint density at radius 3 is 2.16 bits per heavy atom. The monoisotopic (exact) mass is 669 g/mol. The van der Waals surface area contributed by atoms with E-state index in [1.807, 2.05) is 4.72 Å². The van der Waals surface area contributed by atoms with Gasteiger partial charge in [-0.1, -0.05) is 0 Å². The first kappa shape index (κ1) is 32.5. The summed E-state index contributed by atoms with van der Waals surface area (Å²) < 4.78 is 137. The second kappa shape index (κ2) is 11.1. The molecule has 0 spiro atoms. The van der Waals surface area contributed by atoms with Crippen molar-refractivity contribution in [3.8, 4) is 5.75 Å². The molecular weight excluding hydrogens is 649 g/mol. The maximum Gasteiger partial charge on any atom is 0.412 e. The summed E-state index contributed by atoms with van der Waals surface area (Å²) in [5.41, 5.74) is -5.41. The van der Waals surface area contributed by atoms with Crippen molar-refractivity contribution >= 4 is 56.3 Å². The van der Waals surface area contributed by atoms with Gasteiger partial charge in [-0.15, -0.1) is 16.1 Å². The molecule has 1 aromatic heterocycles. The molecule has 0 aliphatic carbocycles. The van der Waals surface area contributed by atoms with Gasteiger partial charge in [0.2, 0.25) is 0 Å². The molecule has 2 aromatic rings. The van der Waals surface area contributed by atoms with Gasteiger partial charge in [0.1, 0.15) is 15.4 Å². The molecule has 0 bridgehead atoms. The number of alkyl halides is 8. The van der Waals surface area contributed by atoms with Crippen molar-refractivity contribution < 1.29 is 58.8 Å². The highest BCUT2D eigenvalue weighted by atomic mass is 79.9. The third-order valence-corrected chi connectivity index (χ3v) is 9.70. The lowest BCUT2D eigenvalue weighted by Gasteiger charge is -2.29. The fraction of sp³-hybridized carbons (Fsp3) is 0.579. The molecule has 1 heterocycles. The number of ether oxygens (including phenoxy) is 1. The fourth-order valence-electron chi connectivity index (χ4n) is 2.82. The second-order valence-corrected chi connectivity index (χ2v) is 14.2. The van der Waals surface area contributed by atoms with Crippen LogP contribution in [0.2, 0.25) is 0 Å². The highest BCUT2D eigenvalue weighted by Gasteiger charge is 2.53. The summed E-state index contributed by atoms with van der Waals surface area (Å²) in [6, 6.07) is -1.07. The van der Waals surface area contributed by atoms with Crippen LogP contribution in [0, 0.1) is 0 Å². The van der Waals surface area contributed by atoms with Crippen molar-refractivity contribution in [3.63, 3.8) is 0 Å². The molecule has 6 nitrogen and oxygen atoms in total. The molecule has 0 aliphatic rings. The van der Waals surface area contributed by atoms with Crippen LogP contribution >= 0.6 is 34.9 Å². The number of fused-ring (bicyclic) bond motifs is 1. The third kappa shape index (κ3) is 7.93. The first-order valence-corrected chi connectivity index (χ1v) is 14.5. The molecule has 0 fully saturated rings. The molecule has 1 aromatic carbocycles. The van der Waals surface area contributed by atoms with E-state index in [2.05, 4.69) is 15.9 Å². The van der Waals surface area contributed by atoms with Crippen molar-refractivity contribution in [2.45, 2.75) is 62.4 Å². The molecule has 212 valence electrons. The van der Waals surface area contributed by atoms with Gasteiger partial charge in [0.05, 0.1) is 11.3 Å². The van der Waals surface area contributed by atoms with E-state index in [0.717, 1.165) is 12.1 Å². The Morgan fingerprint density at radius 1 is 1.14 bits per heavy atom. The Hall–Kier alpha value is -0.680. The van der Waals surface area contributed by atoms with Crippen LogP contribution in [0.4, 0.5) is 35.1 Å². The van der Waals surface area contributed by atoms with Crippen molar-refractivity contribution in [1.29, 1.82) is 0 Å². The summed E-state index contributed by atoms with van der Waals surface area (Å²) in [6.07, 6.45) is -11.5. The molecule has 0 saturated heterocycles. The maximum atomic E-state index is 14.5. The normalized spacial score (nSPS) is 15.8. The molecular formula is C19H21BrF8NO5PS2. The summed E-state index contributed by atoms with van der Waals surface area (Å²) in [6.45, 7) is 3.53. The minimum atomic E-state index is -6.08. The molecule has 3 N–H and O–H groups in total. The van der Waals surface area contributed by atoms with Crippen LogP contribution in [0.3, 0.4) is 0 Å². The van der Waals surface area contributed by atoms with Crippen LogP contribution in [-0.4, -0.2) is 38.0 Å². The third-order valence-electron chi connectivity index (χ3n) is 4.66. The zero-order chi connectivity index (χ0) is 28.8. The first-order valence-electron chi connectivity index (χ1n) is 10.1. The highest BCUT2D eigenvalue weighted by Crippen LogP contribution is 2.63. The van der Waals surface area contributed by atoms with Gasteiger partial charge >= 0.3 is 25.6 Å². The Labute approximate surface area is 221 Å². The molecule has 2 unspecified atom stereocenters. The maximum absolute atomic E-state index is 14.5. The minimum absolute atomic E-state index is 0.0960. The number of benzene rings is 1. The number of nitrogens with one attached hydrogen (secondary N) is 1. The Morgan fingerprint density at radius 2 is 1.70 bits per heavy atom. The highest BCUT2D eigenvalue weighted by molar-refractivity contribution is 9.10. The van der Waals surface area contributed by atoms with Gasteiger partial charge in [0, 0.05) is 27.6 Å². The number of thiophene rings is 1. The first-order chi connectivity index (χ1) is 16.5. The van der Waals surface area contributed by atoms with Crippen LogP contribution in [0.1, 0.15) is 50.1 Å². The zero-order valence-corrected chi connectivity index (χ0v) is 23.3. The number of hydrogen-bond donors (Lipinski definition) is 3. The van der Waals surface area contributed by atoms with E-state index < -0.39 is 87.9 Å². The summed E-state index contributed by atoms with van der Waals surface area (Å²) in [5.74, 6) is -0.522. The SMILES string of the molecule is CC(C)(C)[S+]([O-])NC(c1cc(OCCCC(F)(F)F)c2sc(C(F)(F)P(=O)(O)O)c(Br)c2c1)C(F)(F)F. The van der Waals surface area contributed by atoms with Crippen molar-refractivity contribution in [1.82, 2.24) is 4.72 Å². The van der Waals surface area contributed by atoms with E-state index in [4.69, 9.17) is 14.5 Å². The zero-order valence-electron chi connectivity index (χ0n) is 19.1. The van der Waals surface area contributed by atoms with Crippen molar-refractivity contribution in [3.05, 3.63) is 27.0 Å². The second-order valence-electron chi connectivity index (χ2n) is 8.77. The summed E-state index contributed by atoms with van der Waals surface area (Å²) in [4.78, 5) is 17.0. The minimum Gasteiger partial charge on any atom is -0.598 e. The van der Waals surface area contributed by atoms with Gasteiger partial charge in [-0.25, -0.2) is 0 Å². The van der Waals surface area contributed by atoms with Crippen molar-refractivity contribution in [2.75, 3.05) is 6.61 Å². The van der Waals surface area contributed by atoms with Gasteiger partial charge in [0.25, 0.3) is 0 Å². The quantitative estimate of drug-likeness (QED) is 0.112. The van der Waals surface area contributed by atoms with Gasteiger partial charge in [0.15, 0.2) is 6.04 Å². The molecule has 0 amide bonds. The fourth-order valence-corrected chi connectivity index (χ4v) is 6.64. The standard InChI is InChI=1S/C19H21BrF8NO5PS2/c1-16(2,3)37(33)29-14(18(24,25)26)9-7-10-12(20)15(19(27,28)35(30,31)32)36-13(10)11(8-9)34-6-4-5-17(21,22)23/h7-8,14,29H,4-6H2,1-3H3,(H2,30,31,32). The molecule has 18 heteroatoms. The average molecular weight is 670 g/mol. The topological polar surface area (TPSA) is 102 Å². The van der Waals surface area contributed by atoms with Gasteiger partial charge in [-0.3, -0.25) is 4.57 Å². The summed E-state index contributed by atoms with van der Waals surface area (Å²) >= 11 is 0.590. The van der Waals surface area contributed by atoms with E-state index in [9.17, 15) is 44.2 Å². The smallest absolute Gasteiger partial charge is 0.412 e. The Balaban J connectivity index is 2.71. The van der Waals surface area contributed by atoms with Crippen LogP contribution in [-0.2, 0) is 21.6 Å².